The zero-order chi connectivity index (χ0) is 22.3. The van der Waals surface area contributed by atoms with E-state index in [4.69, 9.17) is 19.4 Å². The summed E-state index contributed by atoms with van der Waals surface area (Å²) in [5.74, 6) is -0.944. The van der Waals surface area contributed by atoms with Gasteiger partial charge in [0.15, 0.2) is 11.8 Å². The van der Waals surface area contributed by atoms with E-state index >= 15 is 0 Å². The first kappa shape index (κ1) is 21.2. The maximum Gasteiger partial charge on any atom is 0.346 e. The Kier molecular flexibility index (Phi) is 5.33. The fourth-order valence-corrected chi connectivity index (χ4v) is 6.25. The van der Waals surface area contributed by atoms with E-state index < -0.39 is 29.6 Å². The van der Waals surface area contributed by atoms with Crippen molar-refractivity contribution in [3.05, 3.63) is 42.2 Å². The van der Waals surface area contributed by atoms with Gasteiger partial charge in [-0.1, -0.05) is 18.0 Å². The molecule has 32 heavy (non-hydrogen) atoms. The van der Waals surface area contributed by atoms with Gasteiger partial charge in [-0.15, -0.1) is 0 Å². The van der Waals surface area contributed by atoms with Crippen LogP contribution in [0, 0.1) is 11.8 Å². The van der Waals surface area contributed by atoms with Gasteiger partial charge in [-0.05, 0) is 25.0 Å². The number of hydrogen-bond acceptors (Lipinski definition) is 7. The first-order valence-corrected chi connectivity index (χ1v) is 11.5. The zero-order valence-electron chi connectivity index (χ0n) is 18.0. The summed E-state index contributed by atoms with van der Waals surface area (Å²) >= 11 is 0. The van der Waals surface area contributed by atoms with Gasteiger partial charge in [0.25, 0.3) is 5.91 Å². The van der Waals surface area contributed by atoms with Crippen LogP contribution in [0.3, 0.4) is 0 Å². The molecule has 3 atom stereocenters. The lowest BCUT2D eigenvalue weighted by atomic mass is 9.80. The molecule has 2 aromatic heterocycles. The number of carbonyl (C=O) groups excluding carboxylic acids is 2. The normalized spacial score (nSPS) is 30.7. The molecule has 9 heteroatoms. The molecule has 1 amide bonds. The van der Waals surface area contributed by atoms with Crippen molar-refractivity contribution in [3.8, 4) is 0 Å². The van der Waals surface area contributed by atoms with E-state index in [1.807, 2.05) is 0 Å². The number of hydrogen-bond donors (Lipinski definition) is 2. The number of amides is 1. The molecule has 9 nitrogen and oxygen atoms in total. The molecule has 0 radical (unpaired) electrons. The number of ether oxygens (including phenoxy) is 1. The number of aromatic nitrogens is 1. The highest BCUT2D eigenvalue weighted by molar-refractivity contribution is 5.81. The quantitative estimate of drug-likeness (QED) is 0.494. The molecule has 0 spiro atoms. The summed E-state index contributed by atoms with van der Waals surface area (Å²) in [6.07, 6.45) is 7.52. The second kappa shape index (κ2) is 8.04. The van der Waals surface area contributed by atoms with E-state index in [-0.39, 0.29) is 17.6 Å². The molecule has 3 saturated heterocycles. The number of primary amides is 1. The third-order valence-corrected chi connectivity index (χ3v) is 7.93. The first-order valence-electron chi connectivity index (χ1n) is 11.5. The lowest BCUT2D eigenvalue weighted by Crippen LogP contribution is -2.67. The monoisotopic (exact) mass is 444 g/mol. The van der Waals surface area contributed by atoms with Crippen LogP contribution < -0.4 is 5.73 Å². The molecule has 3 aliphatic heterocycles. The Hall–Kier alpha value is -2.65. The third kappa shape index (κ3) is 3.34. The number of piperidine rings is 3. The maximum atomic E-state index is 13.5. The molecule has 1 aliphatic carbocycles. The Balaban J connectivity index is 1.41. The molecule has 172 valence electrons. The SMILES string of the molecule is NC(=O)C(c1ccon1)[N+]12CCC(CC1)[C@@H](OC(=O)C(O)(c1ccco1)C1CCCC1)C2. The van der Waals surface area contributed by atoms with Gasteiger partial charge < -0.3 is 29.0 Å². The summed E-state index contributed by atoms with van der Waals surface area (Å²) in [7, 11) is 0. The van der Waals surface area contributed by atoms with Gasteiger partial charge in [-0.2, -0.15) is 0 Å². The summed E-state index contributed by atoms with van der Waals surface area (Å²) in [5.41, 5.74) is 4.50. The number of esters is 1. The van der Waals surface area contributed by atoms with Crippen molar-refractivity contribution in [3.63, 3.8) is 0 Å². The lowest BCUT2D eigenvalue weighted by Gasteiger charge is -2.54. The van der Waals surface area contributed by atoms with E-state index in [0.717, 1.165) is 51.6 Å². The third-order valence-electron chi connectivity index (χ3n) is 7.93. The zero-order valence-corrected chi connectivity index (χ0v) is 18.0. The van der Waals surface area contributed by atoms with E-state index in [9.17, 15) is 14.7 Å². The minimum Gasteiger partial charge on any atom is -0.466 e. The smallest absolute Gasteiger partial charge is 0.346 e. The fourth-order valence-electron chi connectivity index (χ4n) is 6.25. The van der Waals surface area contributed by atoms with Crippen molar-refractivity contribution in [2.24, 2.45) is 17.6 Å². The van der Waals surface area contributed by atoms with Gasteiger partial charge >= 0.3 is 5.97 Å². The average molecular weight is 445 g/mol. The molecule has 0 aromatic carbocycles. The topological polar surface area (TPSA) is 129 Å². The number of furan rings is 1. The van der Waals surface area contributed by atoms with Gasteiger partial charge in [-0.3, -0.25) is 4.79 Å². The maximum absolute atomic E-state index is 13.5. The molecule has 5 heterocycles. The highest BCUT2D eigenvalue weighted by Gasteiger charge is 2.57. The number of fused-ring (bicyclic) bond motifs is 3. The van der Waals surface area contributed by atoms with Crippen molar-refractivity contribution in [2.45, 2.75) is 56.3 Å². The highest BCUT2D eigenvalue weighted by Crippen LogP contribution is 2.45. The largest absolute Gasteiger partial charge is 0.466 e. The summed E-state index contributed by atoms with van der Waals surface area (Å²) in [4.78, 5) is 25.9. The van der Waals surface area contributed by atoms with Crippen LogP contribution in [0.2, 0.25) is 0 Å². The number of rotatable bonds is 7. The number of nitrogens with zero attached hydrogens (tertiary/aromatic N) is 2. The van der Waals surface area contributed by atoms with Gasteiger partial charge in [-0.25, -0.2) is 4.79 Å². The molecular formula is C23H30N3O6+. The molecule has 1 saturated carbocycles. The van der Waals surface area contributed by atoms with Crippen molar-refractivity contribution < 1.29 is 32.9 Å². The first-order chi connectivity index (χ1) is 15.4. The minimum absolute atomic E-state index is 0.189. The lowest BCUT2D eigenvalue weighted by molar-refractivity contribution is -0.965. The molecule has 2 bridgehead atoms. The predicted octanol–water partition coefficient (Wildman–Crippen LogP) is 2.02. The van der Waals surface area contributed by atoms with Crippen LogP contribution in [-0.4, -0.2) is 52.4 Å². The molecule has 6 rings (SSSR count). The number of nitrogens with two attached hydrogens (primary N) is 1. The van der Waals surface area contributed by atoms with Gasteiger partial charge in [0.1, 0.15) is 18.6 Å². The van der Waals surface area contributed by atoms with Gasteiger partial charge in [0, 0.05) is 30.7 Å². The van der Waals surface area contributed by atoms with Gasteiger partial charge in [0.2, 0.25) is 11.6 Å². The van der Waals surface area contributed by atoms with Crippen LogP contribution >= 0.6 is 0 Å². The molecule has 2 aromatic rings. The van der Waals surface area contributed by atoms with E-state index in [0.29, 0.717) is 16.7 Å². The van der Waals surface area contributed by atoms with Crippen molar-refractivity contribution >= 4 is 11.9 Å². The molecule has 3 N–H and O–H groups in total. The van der Waals surface area contributed by atoms with E-state index in [2.05, 4.69) is 5.16 Å². The Morgan fingerprint density at radius 2 is 1.94 bits per heavy atom. The Morgan fingerprint density at radius 1 is 1.19 bits per heavy atom. The Morgan fingerprint density at radius 3 is 2.53 bits per heavy atom. The van der Waals surface area contributed by atoms with Crippen LogP contribution in [0.15, 0.2) is 39.7 Å². The summed E-state index contributed by atoms with van der Waals surface area (Å²) in [6.45, 7) is 1.96. The van der Waals surface area contributed by atoms with Crippen LogP contribution in [-0.2, 0) is 19.9 Å². The fraction of sp³-hybridized carbons (Fsp3) is 0.609. The van der Waals surface area contributed by atoms with Crippen LogP contribution in [0.25, 0.3) is 0 Å². The second-order valence-corrected chi connectivity index (χ2v) is 9.58. The average Bonchev–Trinajstić information content (AvgIpc) is 3.57. The summed E-state index contributed by atoms with van der Waals surface area (Å²) in [5, 5.41) is 15.6. The molecule has 4 fully saturated rings. The van der Waals surface area contributed by atoms with Crippen LogP contribution in [0.5, 0.6) is 0 Å². The van der Waals surface area contributed by atoms with E-state index in [1.165, 1.54) is 12.5 Å². The van der Waals surface area contributed by atoms with E-state index in [1.54, 1.807) is 18.2 Å². The van der Waals surface area contributed by atoms with Gasteiger partial charge in [0.05, 0.1) is 19.4 Å². The number of quaternary nitrogens is 1. The Labute approximate surface area is 186 Å². The second-order valence-electron chi connectivity index (χ2n) is 9.58. The van der Waals surface area contributed by atoms with Crippen molar-refractivity contribution in [2.75, 3.05) is 19.6 Å². The standard InChI is InChI=1S/C23H29N3O6/c24-21(27)20(17-9-13-31-25-17)26-10-7-15(8-11-26)18(14-26)32-22(28)23(29,16-4-1-2-5-16)19-6-3-12-30-19/h3,6,9,12-13,15-16,18,20,29H,1-2,4-5,7-8,10-11,14H2,(H-,24,27)/p+1/t15?,18-,20?,23?,26?/m0/s1. The molecule has 2 unspecified atom stereocenters. The summed E-state index contributed by atoms with van der Waals surface area (Å²) < 4.78 is 16.9. The molecule has 4 aliphatic rings. The van der Waals surface area contributed by atoms with Crippen molar-refractivity contribution in [1.29, 1.82) is 0 Å². The van der Waals surface area contributed by atoms with Crippen LogP contribution in [0.4, 0.5) is 0 Å². The highest BCUT2D eigenvalue weighted by atomic mass is 16.6. The minimum atomic E-state index is -1.80. The summed E-state index contributed by atoms with van der Waals surface area (Å²) in [6, 6.07) is 4.32. The predicted molar refractivity (Wildman–Crippen MR) is 110 cm³/mol. The Bertz CT molecular complexity index is 945. The molecular weight excluding hydrogens is 414 g/mol. The number of aliphatic hydroxyl groups is 1. The van der Waals surface area contributed by atoms with Crippen molar-refractivity contribution in [1.82, 2.24) is 5.16 Å². The number of carbonyl (C=O) groups is 2. The van der Waals surface area contributed by atoms with Crippen LogP contribution in [0.1, 0.15) is 56.0 Å².